The summed E-state index contributed by atoms with van der Waals surface area (Å²) in [5.74, 6) is 0. The van der Waals surface area contributed by atoms with Crippen LogP contribution in [-0.4, -0.2) is 68.8 Å². The predicted octanol–water partition coefficient (Wildman–Crippen LogP) is 4.58. The van der Waals surface area contributed by atoms with Gasteiger partial charge in [0.2, 0.25) is 0 Å². The lowest BCUT2D eigenvalue weighted by molar-refractivity contribution is -0.0433. The molecule has 3 aliphatic heterocycles. The third-order valence-electron chi connectivity index (χ3n) is 9.24. The van der Waals surface area contributed by atoms with Crippen LogP contribution in [-0.2, 0) is 14.2 Å². The lowest BCUT2D eigenvalue weighted by Gasteiger charge is -2.69. The van der Waals surface area contributed by atoms with E-state index < -0.39 is 34.5 Å². The maximum atomic E-state index is 7.16. The molecule has 0 spiro atoms. The topological polar surface area (TPSA) is 27.7 Å². The summed E-state index contributed by atoms with van der Waals surface area (Å²) in [6.45, 7) is 21.2. The van der Waals surface area contributed by atoms with Gasteiger partial charge >= 0.3 is 0 Å². The Kier molecular flexibility index (Phi) is 7.83. The van der Waals surface area contributed by atoms with Crippen LogP contribution in [0.2, 0.25) is 45.8 Å². The van der Waals surface area contributed by atoms with Crippen LogP contribution in [0.3, 0.4) is 0 Å². The molecule has 0 aliphatic carbocycles. The first-order chi connectivity index (χ1) is 13.7. The molecule has 3 atom stereocenters. The zero-order valence-electron chi connectivity index (χ0n) is 20.4. The predicted molar refractivity (Wildman–Crippen MR) is 136 cm³/mol. The summed E-state index contributed by atoms with van der Waals surface area (Å²) in [6.07, 6.45) is 11.6. The van der Waals surface area contributed by atoms with Crippen molar-refractivity contribution in [3.63, 3.8) is 0 Å². The highest BCUT2D eigenvalue weighted by atomic mass is 28.4. The fraction of sp³-hybridized carbons (Fsp3) is 1.00. The van der Waals surface area contributed by atoms with E-state index in [4.69, 9.17) is 14.2 Å². The van der Waals surface area contributed by atoms with Crippen LogP contribution in [0.5, 0.6) is 0 Å². The van der Waals surface area contributed by atoms with Gasteiger partial charge < -0.3 is 14.2 Å². The van der Waals surface area contributed by atoms with Gasteiger partial charge in [0, 0.05) is 19.8 Å². The Morgan fingerprint density at radius 3 is 0.966 bits per heavy atom. The zero-order chi connectivity index (χ0) is 21.3. The van der Waals surface area contributed by atoms with Crippen LogP contribution < -0.4 is 0 Å². The lowest BCUT2D eigenvalue weighted by atomic mass is 10.2. The second kappa shape index (κ2) is 9.31. The molecule has 0 N–H and O–H groups in total. The smallest absolute Gasteiger partial charge is 0.147 e. The minimum atomic E-state index is -2.17. The van der Waals surface area contributed by atoms with E-state index in [0.717, 1.165) is 19.8 Å². The Balaban J connectivity index is 2.30. The second-order valence-electron chi connectivity index (χ2n) is 11.2. The van der Waals surface area contributed by atoms with Crippen LogP contribution in [0.15, 0.2) is 0 Å². The van der Waals surface area contributed by atoms with Gasteiger partial charge in [-0.25, -0.2) is 0 Å². The summed E-state index contributed by atoms with van der Waals surface area (Å²) in [4.78, 5) is 0.400. The molecule has 3 unspecified atom stereocenters. The maximum absolute atomic E-state index is 7.16. The van der Waals surface area contributed by atoms with Gasteiger partial charge in [-0.2, -0.15) is 0 Å². The third-order valence-corrected chi connectivity index (χ3v) is 32.9. The normalized spacial score (nSPS) is 39.1. The molecule has 0 radical (unpaired) electrons. The monoisotopic (exact) mass is 472 g/mol. The summed E-state index contributed by atoms with van der Waals surface area (Å²) >= 11 is 0. The van der Waals surface area contributed by atoms with E-state index in [-0.39, 0.29) is 14.5 Å². The van der Waals surface area contributed by atoms with E-state index in [1.54, 1.807) is 0 Å². The van der Waals surface area contributed by atoms with Crippen LogP contribution in [0, 0.1) is 0 Å². The Morgan fingerprint density at radius 2 is 0.793 bits per heavy atom. The van der Waals surface area contributed by atoms with E-state index in [1.807, 2.05) is 0 Å². The Morgan fingerprint density at radius 1 is 0.517 bits per heavy atom. The van der Waals surface area contributed by atoms with Crippen LogP contribution in [0.4, 0.5) is 0 Å². The van der Waals surface area contributed by atoms with Gasteiger partial charge in [-0.1, -0.05) is 45.8 Å². The maximum Gasteiger partial charge on any atom is 0.147 e. The Bertz CT molecular complexity index is 460. The molecule has 0 aromatic carbocycles. The molecule has 3 saturated heterocycles. The Labute approximate surface area is 186 Å². The van der Waals surface area contributed by atoms with Gasteiger partial charge in [-0.3, -0.25) is 0 Å². The second-order valence-corrected chi connectivity index (χ2v) is 27.4. The van der Waals surface area contributed by atoms with Crippen molar-refractivity contribution >= 4 is 34.5 Å². The van der Waals surface area contributed by atoms with E-state index in [1.165, 1.54) is 57.8 Å². The average Bonchev–Trinajstić information content (AvgIpc) is 2.74. The zero-order valence-corrected chi connectivity index (χ0v) is 24.9. The van der Waals surface area contributed by atoms with Crippen LogP contribution in [0.1, 0.15) is 57.8 Å². The van der Waals surface area contributed by atoms with Gasteiger partial charge in [0.1, 0.15) is 8.07 Å². The van der Waals surface area contributed by atoms with Gasteiger partial charge in [0.25, 0.3) is 0 Å². The summed E-state index contributed by atoms with van der Waals surface area (Å²) in [5.41, 5.74) is 0. The summed E-state index contributed by atoms with van der Waals surface area (Å²) in [7, 11) is -5.47. The molecule has 0 saturated carbocycles. The average molecular weight is 473 g/mol. The summed E-state index contributed by atoms with van der Waals surface area (Å²) < 4.78 is 21.5. The van der Waals surface area contributed by atoms with Gasteiger partial charge in [-0.15, -0.1) is 0 Å². The first kappa shape index (κ1) is 24.4. The highest BCUT2D eigenvalue weighted by Crippen LogP contribution is 2.55. The summed E-state index contributed by atoms with van der Waals surface area (Å²) in [5, 5.41) is 0. The molecule has 0 amide bonds. The van der Waals surface area contributed by atoms with Crippen LogP contribution >= 0.6 is 0 Å². The number of ether oxygens (including phenoxy) is 3. The van der Waals surface area contributed by atoms with Crippen molar-refractivity contribution < 1.29 is 14.2 Å². The molecule has 170 valence electrons. The standard InChI is InChI=1S/C22H48O3Si4/c1-26(2)20(14-8-11-17-23-20)29(7,21(27(3)4)15-9-12-18-24-21)22(28(5)6)16-10-13-19-25-22/h26-28H,8-19H2,1-7H3. The minimum absolute atomic E-state index is 0.133. The van der Waals surface area contributed by atoms with Crippen molar-refractivity contribution in [1.29, 1.82) is 0 Å². The molecule has 3 heterocycles. The van der Waals surface area contributed by atoms with Gasteiger partial charge in [0.15, 0.2) is 0 Å². The highest BCUT2D eigenvalue weighted by molar-refractivity contribution is 7.08. The first-order valence-electron chi connectivity index (χ1n) is 12.6. The molecule has 3 nitrogen and oxygen atoms in total. The fourth-order valence-electron chi connectivity index (χ4n) is 7.80. The number of rotatable bonds is 6. The van der Waals surface area contributed by atoms with Crippen molar-refractivity contribution in [2.45, 2.75) is 118 Å². The molecule has 0 bridgehead atoms. The van der Waals surface area contributed by atoms with E-state index in [0.29, 0.717) is 0 Å². The molecule has 29 heavy (non-hydrogen) atoms. The minimum Gasteiger partial charge on any atom is -0.382 e. The largest absolute Gasteiger partial charge is 0.382 e. The van der Waals surface area contributed by atoms with Crippen molar-refractivity contribution in [3.05, 3.63) is 0 Å². The molecule has 3 aliphatic rings. The molecule has 0 aromatic rings. The first-order valence-corrected chi connectivity index (χ1v) is 23.8. The van der Waals surface area contributed by atoms with Gasteiger partial charge in [-0.05, 0) is 57.8 Å². The van der Waals surface area contributed by atoms with Gasteiger partial charge in [0.05, 0.1) is 40.9 Å². The number of hydrogen-bond acceptors (Lipinski definition) is 3. The molecule has 3 fully saturated rings. The Hall–Kier alpha value is 0.748. The third kappa shape index (κ3) is 3.58. The van der Waals surface area contributed by atoms with Crippen molar-refractivity contribution in [1.82, 2.24) is 0 Å². The van der Waals surface area contributed by atoms with Crippen molar-refractivity contribution in [2.24, 2.45) is 0 Å². The fourth-order valence-corrected chi connectivity index (χ4v) is 36.6. The van der Waals surface area contributed by atoms with E-state index in [2.05, 4.69) is 45.8 Å². The molecular weight excluding hydrogens is 425 g/mol. The van der Waals surface area contributed by atoms with Crippen molar-refractivity contribution in [3.8, 4) is 0 Å². The number of hydrogen-bond donors (Lipinski definition) is 0. The SMILES string of the molecule is C[SiH](C)C1([Si](C)(C2([SiH](C)C)CCCCO2)C2([SiH](C)C)CCCCO2)CCCCO1. The lowest BCUT2D eigenvalue weighted by Crippen LogP contribution is -2.90. The summed E-state index contributed by atoms with van der Waals surface area (Å²) in [6, 6.07) is 0. The van der Waals surface area contributed by atoms with E-state index >= 15 is 0 Å². The highest BCUT2D eigenvalue weighted by Gasteiger charge is 2.75. The van der Waals surface area contributed by atoms with Crippen LogP contribution in [0.25, 0.3) is 0 Å². The molecule has 3 rings (SSSR count). The van der Waals surface area contributed by atoms with Crippen molar-refractivity contribution in [2.75, 3.05) is 19.8 Å². The molecule has 7 heteroatoms. The quantitative estimate of drug-likeness (QED) is 0.530. The molecular formula is C22H48O3Si4. The molecule has 0 aromatic heterocycles. The van der Waals surface area contributed by atoms with E-state index in [9.17, 15) is 0 Å².